The van der Waals surface area contributed by atoms with E-state index >= 15 is 0 Å². The summed E-state index contributed by atoms with van der Waals surface area (Å²) in [5.74, 6) is -1.48. The van der Waals surface area contributed by atoms with Gasteiger partial charge in [-0.25, -0.2) is 18.0 Å². The molecule has 0 unspecified atom stereocenters. The number of fused-ring (bicyclic) bond motifs is 1. The Morgan fingerprint density at radius 3 is 2.40 bits per heavy atom. The van der Waals surface area contributed by atoms with E-state index in [0.29, 0.717) is 16.8 Å². The van der Waals surface area contributed by atoms with Gasteiger partial charge >= 0.3 is 16.8 Å². The topological polar surface area (TPSA) is 121 Å². The lowest BCUT2D eigenvalue weighted by atomic mass is 10.1. The van der Waals surface area contributed by atoms with E-state index in [1.165, 1.54) is 37.4 Å². The van der Waals surface area contributed by atoms with E-state index in [4.69, 9.17) is 0 Å². The lowest BCUT2D eigenvalue weighted by Gasteiger charge is -2.13. The minimum atomic E-state index is -4.14. The predicted molar refractivity (Wildman–Crippen MR) is 112 cm³/mol. The van der Waals surface area contributed by atoms with Crippen molar-refractivity contribution in [2.45, 2.75) is 18.4 Å². The molecule has 1 aromatic heterocycles. The number of thiazole rings is 1. The summed E-state index contributed by atoms with van der Waals surface area (Å²) in [6, 6.07) is 8.10. The van der Waals surface area contributed by atoms with Crippen molar-refractivity contribution in [2.75, 3.05) is 18.9 Å². The van der Waals surface area contributed by atoms with Crippen molar-refractivity contribution in [3.05, 3.63) is 57.2 Å². The minimum absolute atomic E-state index is 0.0524. The van der Waals surface area contributed by atoms with Crippen molar-refractivity contribution in [1.29, 1.82) is 0 Å². The van der Waals surface area contributed by atoms with Gasteiger partial charge in [-0.05, 0) is 43.3 Å². The number of carbonyl (C=O) groups is 2. The van der Waals surface area contributed by atoms with E-state index in [0.717, 1.165) is 18.4 Å². The van der Waals surface area contributed by atoms with Crippen LogP contribution in [-0.2, 0) is 26.0 Å². The van der Waals surface area contributed by atoms with E-state index in [1.807, 2.05) is 6.92 Å². The molecule has 158 valence electrons. The third-order valence-electron chi connectivity index (χ3n) is 4.36. The van der Waals surface area contributed by atoms with Crippen molar-refractivity contribution in [3.63, 3.8) is 0 Å². The summed E-state index contributed by atoms with van der Waals surface area (Å²) in [5.41, 5.74) is 0.478. The summed E-state index contributed by atoms with van der Waals surface area (Å²) in [5, 5.41) is 0. The van der Waals surface area contributed by atoms with Crippen molar-refractivity contribution in [3.8, 4) is 0 Å². The van der Waals surface area contributed by atoms with Gasteiger partial charge in [0.2, 0.25) is 0 Å². The van der Waals surface area contributed by atoms with Gasteiger partial charge in [0.1, 0.15) is 0 Å². The Hall–Kier alpha value is -3.18. The average molecular weight is 450 g/mol. The number of nitrogens with zero attached hydrogens (tertiary/aromatic N) is 1. The molecule has 1 N–H and O–H groups in total. The number of aromatic nitrogens is 1. The van der Waals surface area contributed by atoms with E-state index in [9.17, 15) is 22.8 Å². The number of hydrogen-bond donors (Lipinski definition) is 1. The molecule has 3 aromatic rings. The molecule has 2 aromatic carbocycles. The van der Waals surface area contributed by atoms with Crippen molar-refractivity contribution in [1.82, 2.24) is 4.57 Å². The summed E-state index contributed by atoms with van der Waals surface area (Å²) in [6.07, 6.45) is 0. The quantitative estimate of drug-likeness (QED) is 0.573. The zero-order chi connectivity index (χ0) is 22.1. The standard InChI is InChI=1S/C19H18N2O7S2/c1-4-21-15-8-6-12(10-16(15)29-19(21)24)30(25,26)20-14-9-11(17(22)27-2)5-7-13(14)18(23)28-3/h5-10,20H,4H2,1-3H3. The van der Waals surface area contributed by atoms with E-state index in [-0.39, 0.29) is 26.6 Å². The fourth-order valence-corrected chi connectivity index (χ4v) is 5.04. The first-order valence-corrected chi connectivity index (χ1v) is 11.0. The van der Waals surface area contributed by atoms with Crippen molar-refractivity contribution < 1.29 is 27.5 Å². The van der Waals surface area contributed by atoms with Crippen LogP contribution in [0.1, 0.15) is 27.6 Å². The first kappa shape index (κ1) is 21.5. The molecule has 3 rings (SSSR count). The van der Waals surface area contributed by atoms with E-state index < -0.39 is 22.0 Å². The second-order valence-electron chi connectivity index (χ2n) is 6.09. The van der Waals surface area contributed by atoms with E-state index in [2.05, 4.69) is 14.2 Å². The maximum absolute atomic E-state index is 13.0. The number of aryl methyl sites for hydroxylation is 1. The molecule has 0 aliphatic carbocycles. The van der Waals surface area contributed by atoms with Crippen LogP contribution in [-0.4, -0.2) is 39.1 Å². The number of nitrogens with one attached hydrogen (secondary N) is 1. The predicted octanol–water partition coefficient (Wildman–Crippen LogP) is 2.46. The van der Waals surface area contributed by atoms with Crippen LogP contribution in [0.15, 0.2) is 46.1 Å². The Labute approximate surface area is 175 Å². The third-order valence-corrected chi connectivity index (χ3v) is 6.66. The maximum Gasteiger partial charge on any atom is 0.339 e. The third kappa shape index (κ3) is 3.94. The van der Waals surface area contributed by atoms with Crippen LogP contribution in [0.25, 0.3) is 10.2 Å². The number of ether oxygens (including phenoxy) is 2. The van der Waals surface area contributed by atoms with Crippen LogP contribution in [0.2, 0.25) is 0 Å². The summed E-state index contributed by atoms with van der Waals surface area (Å²) < 4.78 is 39.6. The van der Waals surface area contributed by atoms with Crippen molar-refractivity contribution >= 4 is 49.2 Å². The summed E-state index contributed by atoms with van der Waals surface area (Å²) in [7, 11) is -1.80. The molecule has 0 bridgehead atoms. The Kier molecular flexibility index (Phi) is 5.94. The number of hydrogen-bond acceptors (Lipinski definition) is 8. The van der Waals surface area contributed by atoms with Crippen LogP contribution < -0.4 is 9.60 Å². The molecule has 0 saturated carbocycles. The van der Waals surface area contributed by atoms with Gasteiger partial charge in [0.15, 0.2) is 0 Å². The van der Waals surface area contributed by atoms with Crippen molar-refractivity contribution in [2.24, 2.45) is 0 Å². The fourth-order valence-electron chi connectivity index (χ4n) is 2.88. The largest absolute Gasteiger partial charge is 0.465 e. The fraction of sp³-hybridized carbons (Fsp3) is 0.211. The SMILES string of the molecule is CCn1c(=O)sc2cc(S(=O)(=O)Nc3cc(C(=O)OC)ccc3C(=O)OC)ccc21. The molecule has 0 fully saturated rings. The van der Waals surface area contributed by atoms with Crippen LogP contribution in [0.5, 0.6) is 0 Å². The Balaban J connectivity index is 2.07. The van der Waals surface area contributed by atoms with Gasteiger partial charge < -0.3 is 9.47 Å². The van der Waals surface area contributed by atoms with Crippen LogP contribution in [0.3, 0.4) is 0 Å². The first-order chi connectivity index (χ1) is 14.2. The highest BCUT2D eigenvalue weighted by Crippen LogP contribution is 2.26. The molecule has 11 heteroatoms. The molecule has 30 heavy (non-hydrogen) atoms. The van der Waals surface area contributed by atoms with Gasteiger partial charge in [-0.3, -0.25) is 14.1 Å². The minimum Gasteiger partial charge on any atom is -0.465 e. The highest BCUT2D eigenvalue weighted by Gasteiger charge is 2.22. The van der Waals surface area contributed by atoms with Gasteiger partial charge in [0.05, 0.1) is 46.1 Å². The number of benzene rings is 2. The molecular weight excluding hydrogens is 432 g/mol. The molecule has 0 aliphatic heterocycles. The highest BCUT2D eigenvalue weighted by molar-refractivity contribution is 7.92. The molecule has 0 spiro atoms. The first-order valence-electron chi connectivity index (χ1n) is 8.68. The Bertz CT molecular complexity index is 1310. The number of carbonyl (C=O) groups excluding carboxylic acids is 2. The monoisotopic (exact) mass is 450 g/mol. The number of anilines is 1. The zero-order valence-corrected chi connectivity index (χ0v) is 17.9. The summed E-state index contributed by atoms with van der Waals surface area (Å²) in [6.45, 7) is 2.29. The van der Waals surface area contributed by atoms with Crippen LogP contribution in [0, 0.1) is 0 Å². The van der Waals surface area contributed by atoms with Gasteiger partial charge in [0.25, 0.3) is 10.0 Å². The van der Waals surface area contributed by atoms with Crippen LogP contribution in [0.4, 0.5) is 5.69 Å². The lowest BCUT2D eigenvalue weighted by Crippen LogP contribution is -2.17. The molecule has 0 amide bonds. The Morgan fingerprint density at radius 2 is 1.77 bits per heavy atom. The zero-order valence-electron chi connectivity index (χ0n) is 16.3. The average Bonchev–Trinajstić information content (AvgIpc) is 3.06. The maximum atomic E-state index is 13.0. The second-order valence-corrected chi connectivity index (χ2v) is 8.77. The molecule has 0 aliphatic rings. The van der Waals surface area contributed by atoms with Gasteiger partial charge in [-0.15, -0.1) is 0 Å². The summed E-state index contributed by atoms with van der Waals surface area (Å²) in [4.78, 5) is 35.6. The normalized spacial score (nSPS) is 11.3. The molecular formula is C19H18N2O7S2. The molecule has 0 saturated heterocycles. The smallest absolute Gasteiger partial charge is 0.339 e. The number of rotatable bonds is 6. The number of sulfonamides is 1. The molecule has 1 heterocycles. The van der Waals surface area contributed by atoms with E-state index in [1.54, 1.807) is 10.6 Å². The van der Waals surface area contributed by atoms with Gasteiger partial charge in [-0.2, -0.15) is 0 Å². The lowest BCUT2D eigenvalue weighted by molar-refractivity contribution is 0.0587. The molecule has 0 atom stereocenters. The number of methoxy groups -OCH3 is 2. The number of esters is 2. The van der Waals surface area contributed by atoms with Gasteiger partial charge in [-0.1, -0.05) is 11.3 Å². The second kappa shape index (κ2) is 8.28. The van der Waals surface area contributed by atoms with Gasteiger partial charge in [0, 0.05) is 6.54 Å². The highest BCUT2D eigenvalue weighted by atomic mass is 32.2. The molecule has 9 nitrogen and oxygen atoms in total. The summed E-state index contributed by atoms with van der Waals surface area (Å²) >= 11 is 0.941. The molecule has 0 radical (unpaired) electrons. The van der Waals surface area contributed by atoms with Crippen LogP contribution >= 0.6 is 11.3 Å². The Morgan fingerprint density at radius 1 is 1.07 bits per heavy atom.